The van der Waals surface area contributed by atoms with Crippen LogP contribution in [0.4, 0.5) is 4.79 Å². The van der Waals surface area contributed by atoms with Crippen molar-refractivity contribution in [1.82, 2.24) is 31.5 Å². The molecule has 5 rings (SSSR count). The monoisotopic (exact) mass is 668 g/mol. The van der Waals surface area contributed by atoms with E-state index in [1.54, 1.807) is 19.1 Å². The number of ether oxygens (including phenoxy) is 1. The van der Waals surface area contributed by atoms with Gasteiger partial charge in [-0.15, -0.1) is 0 Å². The van der Waals surface area contributed by atoms with Crippen LogP contribution in [0.25, 0.3) is 0 Å². The molecule has 0 aliphatic carbocycles. The van der Waals surface area contributed by atoms with Crippen LogP contribution in [-0.2, 0) is 33.8 Å². The second-order valence-electron chi connectivity index (χ2n) is 12.8. The number of hydrogen-bond donors (Lipinski definition) is 5. The minimum atomic E-state index is -0.822. The zero-order valence-electron chi connectivity index (χ0n) is 28.3. The van der Waals surface area contributed by atoms with Crippen LogP contribution in [0.1, 0.15) is 42.4 Å². The summed E-state index contributed by atoms with van der Waals surface area (Å²) in [6, 6.07) is 24.7. The second-order valence-corrected chi connectivity index (χ2v) is 12.8. The standard InChI is InChI=1S/C38H48N6O5/c1-39-32(23-27-9-5-3-6-10-27)35(45)43-34-29(20-22-41-38(48)42-25-28-11-7-4-8-12-28)24-30-15-18-33(44(30)37(34)47)36(46)40-21-19-26-13-16-31(49-2)17-14-26/h3-14,16-17,29-30,32-34,39H,15,18-25H2,1-2H3,(H,40,46)(H,43,45)(H2,41,42,48)/t29-,30?,32+,33-,34-/m0/s1. The molecule has 260 valence electrons. The number of fused-ring (bicyclic) bond motifs is 1. The van der Waals surface area contributed by atoms with Gasteiger partial charge in [0.15, 0.2) is 0 Å². The van der Waals surface area contributed by atoms with Crippen molar-refractivity contribution < 1.29 is 23.9 Å². The van der Waals surface area contributed by atoms with Gasteiger partial charge in [0.1, 0.15) is 17.8 Å². The highest BCUT2D eigenvalue weighted by Crippen LogP contribution is 2.36. The van der Waals surface area contributed by atoms with Gasteiger partial charge in [0.2, 0.25) is 17.7 Å². The number of rotatable bonds is 15. The highest BCUT2D eigenvalue weighted by atomic mass is 16.5. The minimum Gasteiger partial charge on any atom is -0.497 e. The molecule has 49 heavy (non-hydrogen) atoms. The predicted molar refractivity (Wildman–Crippen MR) is 188 cm³/mol. The fourth-order valence-corrected chi connectivity index (χ4v) is 6.90. The minimum absolute atomic E-state index is 0.112. The number of piperidine rings is 1. The molecule has 5 atom stereocenters. The van der Waals surface area contributed by atoms with Crippen molar-refractivity contribution in [2.24, 2.45) is 5.92 Å². The Labute approximate surface area is 288 Å². The normalized spacial score (nSPS) is 20.5. The van der Waals surface area contributed by atoms with Crippen molar-refractivity contribution in [2.45, 2.75) is 69.2 Å². The molecule has 5 amide bonds. The highest BCUT2D eigenvalue weighted by Gasteiger charge is 2.50. The van der Waals surface area contributed by atoms with E-state index in [1.807, 2.05) is 84.9 Å². The third-order valence-corrected chi connectivity index (χ3v) is 9.59. The van der Waals surface area contributed by atoms with Gasteiger partial charge >= 0.3 is 6.03 Å². The first-order valence-electron chi connectivity index (χ1n) is 17.2. The summed E-state index contributed by atoms with van der Waals surface area (Å²) in [5, 5.41) is 15.0. The van der Waals surface area contributed by atoms with Gasteiger partial charge in [-0.25, -0.2) is 4.79 Å². The molecule has 11 nitrogen and oxygen atoms in total. The van der Waals surface area contributed by atoms with Gasteiger partial charge in [-0.1, -0.05) is 72.8 Å². The molecule has 2 aliphatic heterocycles. The van der Waals surface area contributed by atoms with E-state index in [0.717, 1.165) is 22.4 Å². The number of likely N-dealkylation sites (N-methyl/N-ethyl adjacent to an activating group) is 1. The van der Waals surface area contributed by atoms with E-state index < -0.39 is 18.1 Å². The van der Waals surface area contributed by atoms with Crippen LogP contribution < -0.4 is 31.3 Å². The summed E-state index contributed by atoms with van der Waals surface area (Å²) >= 11 is 0. The Morgan fingerprint density at radius 2 is 1.53 bits per heavy atom. The van der Waals surface area contributed by atoms with Gasteiger partial charge in [-0.3, -0.25) is 14.4 Å². The first kappa shape index (κ1) is 35.4. The van der Waals surface area contributed by atoms with Gasteiger partial charge in [-0.05, 0) is 80.3 Å². The van der Waals surface area contributed by atoms with Gasteiger partial charge < -0.3 is 36.2 Å². The maximum absolute atomic E-state index is 14.2. The molecule has 1 unspecified atom stereocenters. The Hall–Kier alpha value is -4.90. The number of benzene rings is 3. The summed E-state index contributed by atoms with van der Waals surface area (Å²) in [4.78, 5) is 55.6. The lowest BCUT2D eigenvalue weighted by molar-refractivity contribution is -0.148. The number of hydrogen-bond acceptors (Lipinski definition) is 6. The maximum atomic E-state index is 14.2. The highest BCUT2D eigenvalue weighted by molar-refractivity contribution is 5.94. The Morgan fingerprint density at radius 1 is 0.837 bits per heavy atom. The number of nitrogens with zero attached hydrogens (tertiary/aromatic N) is 1. The predicted octanol–water partition coefficient (Wildman–Crippen LogP) is 2.94. The van der Waals surface area contributed by atoms with Crippen LogP contribution in [-0.4, -0.2) is 80.1 Å². The van der Waals surface area contributed by atoms with E-state index in [1.165, 1.54) is 0 Å². The van der Waals surface area contributed by atoms with Crippen molar-refractivity contribution in [1.29, 1.82) is 0 Å². The lowest BCUT2D eigenvalue weighted by Crippen LogP contribution is -2.63. The second kappa shape index (κ2) is 17.5. The molecule has 0 spiro atoms. The number of urea groups is 1. The molecule has 0 aromatic heterocycles. The Morgan fingerprint density at radius 3 is 2.20 bits per heavy atom. The average Bonchev–Trinajstić information content (AvgIpc) is 3.56. The van der Waals surface area contributed by atoms with Gasteiger partial charge in [0, 0.05) is 25.7 Å². The number of nitrogens with one attached hydrogen (secondary N) is 5. The fraction of sp³-hybridized carbons (Fsp3) is 0.421. The molecule has 11 heteroatoms. The fourth-order valence-electron chi connectivity index (χ4n) is 6.90. The van der Waals surface area contributed by atoms with Gasteiger partial charge in [-0.2, -0.15) is 0 Å². The Kier molecular flexibility index (Phi) is 12.6. The Balaban J connectivity index is 1.22. The quantitative estimate of drug-likeness (QED) is 0.169. The number of amides is 5. The number of carbonyl (C=O) groups is 4. The zero-order valence-corrected chi connectivity index (χ0v) is 28.3. The Bertz CT molecular complexity index is 1540. The van der Waals surface area contributed by atoms with E-state index in [2.05, 4.69) is 26.6 Å². The van der Waals surface area contributed by atoms with Crippen molar-refractivity contribution in [3.63, 3.8) is 0 Å². The summed E-state index contributed by atoms with van der Waals surface area (Å²) in [5.41, 5.74) is 3.07. The average molecular weight is 669 g/mol. The third kappa shape index (κ3) is 9.60. The molecule has 2 saturated heterocycles. The molecule has 3 aromatic carbocycles. The van der Waals surface area contributed by atoms with Crippen LogP contribution in [0.5, 0.6) is 5.75 Å². The van der Waals surface area contributed by atoms with Crippen molar-refractivity contribution >= 4 is 23.8 Å². The third-order valence-electron chi connectivity index (χ3n) is 9.59. The van der Waals surface area contributed by atoms with Crippen LogP contribution >= 0.6 is 0 Å². The van der Waals surface area contributed by atoms with E-state index in [9.17, 15) is 19.2 Å². The lowest BCUT2D eigenvalue weighted by Gasteiger charge is -2.42. The molecule has 2 heterocycles. The van der Waals surface area contributed by atoms with Gasteiger partial charge in [0.05, 0.1) is 13.2 Å². The topological polar surface area (TPSA) is 141 Å². The number of methoxy groups -OCH3 is 1. The molecule has 0 radical (unpaired) electrons. The van der Waals surface area contributed by atoms with E-state index >= 15 is 0 Å². The molecular weight excluding hydrogens is 620 g/mol. The molecule has 2 aliphatic rings. The first-order chi connectivity index (χ1) is 23.9. The van der Waals surface area contributed by atoms with Crippen molar-refractivity contribution in [3.05, 3.63) is 102 Å². The molecule has 0 saturated carbocycles. The van der Waals surface area contributed by atoms with E-state index in [4.69, 9.17) is 4.74 Å². The molecule has 2 fully saturated rings. The van der Waals surface area contributed by atoms with Crippen LogP contribution in [0.15, 0.2) is 84.9 Å². The van der Waals surface area contributed by atoms with Crippen molar-refractivity contribution in [3.8, 4) is 5.75 Å². The summed E-state index contributed by atoms with van der Waals surface area (Å²) in [6.45, 7) is 1.19. The van der Waals surface area contributed by atoms with Crippen LogP contribution in [0.2, 0.25) is 0 Å². The summed E-state index contributed by atoms with van der Waals surface area (Å²) in [6.07, 6.45) is 3.51. The van der Waals surface area contributed by atoms with Crippen LogP contribution in [0, 0.1) is 5.92 Å². The smallest absolute Gasteiger partial charge is 0.315 e. The van der Waals surface area contributed by atoms with Gasteiger partial charge in [0.25, 0.3) is 0 Å². The van der Waals surface area contributed by atoms with Crippen molar-refractivity contribution in [2.75, 3.05) is 27.2 Å². The first-order valence-corrected chi connectivity index (χ1v) is 17.2. The summed E-state index contributed by atoms with van der Waals surface area (Å²) in [5.74, 6) is -0.136. The largest absolute Gasteiger partial charge is 0.497 e. The van der Waals surface area contributed by atoms with Crippen LogP contribution in [0.3, 0.4) is 0 Å². The van der Waals surface area contributed by atoms with E-state index in [0.29, 0.717) is 58.2 Å². The molecule has 5 N–H and O–H groups in total. The lowest BCUT2D eigenvalue weighted by atomic mass is 9.83. The molecule has 0 bridgehead atoms. The zero-order chi connectivity index (χ0) is 34.6. The summed E-state index contributed by atoms with van der Waals surface area (Å²) in [7, 11) is 3.35. The van der Waals surface area contributed by atoms with E-state index in [-0.39, 0.29) is 35.7 Å². The SMILES string of the molecule is CN[C@H](Cc1ccccc1)C(=O)N[C@@H]1C(=O)N2C(CC[C@H]2C(=O)NCCc2ccc(OC)cc2)C[C@@H]1CCNC(=O)NCc1ccccc1. The molecular formula is C38H48N6O5. The molecule has 3 aromatic rings. The summed E-state index contributed by atoms with van der Waals surface area (Å²) < 4.78 is 5.22. The number of carbonyl (C=O) groups excluding carboxylic acids is 4. The maximum Gasteiger partial charge on any atom is 0.315 e.